The Morgan fingerprint density at radius 2 is 1.65 bits per heavy atom. The molecule has 1 aliphatic heterocycles. The molecular weight excluding hydrogens is 454 g/mol. The maximum atomic E-state index is 12.4. The van der Waals surface area contributed by atoms with Gasteiger partial charge in [-0.3, -0.25) is 9.69 Å². The number of hydrogen-bond acceptors (Lipinski definition) is 4. The van der Waals surface area contributed by atoms with E-state index in [0.29, 0.717) is 16.5 Å². The van der Waals surface area contributed by atoms with Gasteiger partial charge in [0.05, 0.1) is 9.54 Å². The monoisotopic (exact) mass is 465 g/mol. The number of benzene rings is 2. The molecule has 3 nitrogen and oxygen atoms in total. The Labute approximate surface area is 173 Å². The van der Waals surface area contributed by atoms with Crippen LogP contribution in [0, 0.1) is 0 Å². The van der Waals surface area contributed by atoms with Gasteiger partial charge in [-0.2, -0.15) is 0 Å². The van der Waals surface area contributed by atoms with E-state index in [1.165, 1.54) is 0 Å². The van der Waals surface area contributed by atoms with Gasteiger partial charge >= 0.3 is 0 Å². The highest BCUT2D eigenvalue weighted by molar-refractivity contribution is 9.11. The minimum absolute atomic E-state index is 0.0156. The van der Waals surface area contributed by atoms with Crippen LogP contribution in [0.1, 0.15) is 10.3 Å². The van der Waals surface area contributed by atoms with E-state index in [2.05, 4.69) is 22.0 Å². The fraction of sp³-hybridized carbons (Fsp3) is 0.105. The Balaban J connectivity index is 1.55. The van der Waals surface area contributed by atoms with E-state index >= 15 is 0 Å². The third kappa shape index (κ3) is 3.78. The van der Waals surface area contributed by atoms with E-state index < -0.39 is 0 Å². The van der Waals surface area contributed by atoms with Crippen molar-refractivity contribution in [3.8, 4) is 11.5 Å². The average Bonchev–Trinajstić information content (AvgIpc) is 3.23. The molecular formula is C19H13BrClNO2S2. The van der Waals surface area contributed by atoms with Gasteiger partial charge in [-0.05, 0) is 76.6 Å². The topological polar surface area (TPSA) is 29.5 Å². The summed E-state index contributed by atoms with van der Waals surface area (Å²) in [5.74, 6) is 2.04. The van der Waals surface area contributed by atoms with Crippen LogP contribution < -0.4 is 9.64 Å². The minimum atomic E-state index is 0.0156. The van der Waals surface area contributed by atoms with Crippen molar-refractivity contribution in [3.63, 3.8) is 0 Å². The highest BCUT2D eigenvalue weighted by atomic mass is 79.9. The third-order valence-electron chi connectivity index (χ3n) is 3.87. The lowest BCUT2D eigenvalue weighted by molar-refractivity contribution is -0.115. The molecule has 1 amide bonds. The standard InChI is InChI=1S/C19H13BrClNO2S2/c20-17-10-9-16(26-17)19-22(18(23)11-25-19)13-3-7-15(8-4-13)24-14-5-1-12(21)2-6-14/h1-10,19H,11H2/t19-/m0/s1. The fourth-order valence-corrected chi connectivity index (χ4v) is 5.63. The summed E-state index contributed by atoms with van der Waals surface area (Å²) in [5, 5.41) is 0.686. The van der Waals surface area contributed by atoms with Crippen molar-refractivity contribution in [2.24, 2.45) is 0 Å². The number of ether oxygens (including phenoxy) is 1. The number of anilines is 1. The molecule has 1 aliphatic rings. The number of nitrogens with zero attached hydrogens (tertiary/aromatic N) is 1. The first-order chi connectivity index (χ1) is 12.6. The van der Waals surface area contributed by atoms with Crippen LogP contribution in [0.4, 0.5) is 5.69 Å². The van der Waals surface area contributed by atoms with E-state index in [1.54, 1.807) is 35.2 Å². The molecule has 132 valence electrons. The highest BCUT2D eigenvalue weighted by Gasteiger charge is 2.34. The van der Waals surface area contributed by atoms with Gasteiger partial charge in [0.15, 0.2) is 0 Å². The molecule has 2 aromatic carbocycles. The predicted molar refractivity (Wildman–Crippen MR) is 113 cm³/mol. The largest absolute Gasteiger partial charge is 0.457 e. The summed E-state index contributed by atoms with van der Waals surface area (Å²) < 4.78 is 6.89. The zero-order chi connectivity index (χ0) is 18.1. The molecule has 1 atom stereocenters. The van der Waals surface area contributed by atoms with Crippen molar-refractivity contribution in [2.75, 3.05) is 10.7 Å². The summed E-state index contributed by atoms with van der Waals surface area (Å²) in [6, 6.07) is 18.9. The predicted octanol–water partition coefficient (Wildman–Crippen LogP) is 6.73. The molecule has 0 N–H and O–H groups in total. The molecule has 1 fully saturated rings. The van der Waals surface area contributed by atoms with E-state index in [4.69, 9.17) is 16.3 Å². The fourth-order valence-electron chi connectivity index (χ4n) is 2.69. The van der Waals surface area contributed by atoms with Crippen LogP contribution in [0.3, 0.4) is 0 Å². The number of thioether (sulfide) groups is 1. The minimum Gasteiger partial charge on any atom is -0.457 e. The summed E-state index contributed by atoms with van der Waals surface area (Å²) in [7, 11) is 0. The summed E-state index contributed by atoms with van der Waals surface area (Å²) in [6.45, 7) is 0. The molecule has 1 aromatic heterocycles. The van der Waals surface area contributed by atoms with Crippen LogP contribution in [0.2, 0.25) is 5.02 Å². The second-order valence-corrected chi connectivity index (χ2v) is 9.62. The zero-order valence-corrected chi connectivity index (χ0v) is 17.4. The Morgan fingerprint density at radius 1 is 1.00 bits per heavy atom. The molecule has 4 rings (SSSR count). The molecule has 3 aromatic rings. The lowest BCUT2D eigenvalue weighted by atomic mass is 10.2. The summed E-state index contributed by atoms with van der Waals surface area (Å²) in [4.78, 5) is 15.4. The lowest BCUT2D eigenvalue weighted by Gasteiger charge is -2.23. The van der Waals surface area contributed by atoms with E-state index in [9.17, 15) is 4.79 Å². The molecule has 7 heteroatoms. The number of thiophene rings is 1. The van der Waals surface area contributed by atoms with E-state index in [0.717, 1.165) is 20.1 Å². The van der Waals surface area contributed by atoms with Crippen LogP contribution in [0.5, 0.6) is 11.5 Å². The van der Waals surface area contributed by atoms with Crippen molar-refractivity contribution < 1.29 is 9.53 Å². The van der Waals surface area contributed by atoms with E-state index in [-0.39, 0.29) is 11.3 Å². The molecule has 2 heterocycles. The molecule has 0 spiro atoms. The third-order valence-corrected chi connectivity index (χ3v) is 7.14. The van der Waals surface area contributed by atoms with Gasteiger partial charge in [0.25, 0.3) is 0 Å². The van der Waals surface area contributed by atoms with Gasteiger partial charge in [0.1, 0.15) is 16.9 Å². The Kier molecular flexibility index (Phi) is 5.27. The van der Waals surface area contributed by atoms with Gasteiger partial charge < -0.3 is 4.74 Å². The Hall–Kier alpha value is -1.47. The van der Waals surface area contributed by atoms with Gasteiger partial charge in [-0.25, -0.2) is 0 Å². The first kappa shape index (κ1) is 17.9. The Morgan fingerprint density at radius 3 is 2.27 bits per heavy atom. The van der Waals surface area contributed by atoms with Crippen molar-refractivity contribution in [1.82, 2.24) is 0 Å². The number of amides is 1. The first-order valence-corrected chi connectivity index (χ1v) is 10.9. The quantitative estimate of drug-likeness (QED) is 0.427. The molecule has 0 saturated carbocycles. The molecule has 0 radical (unpaired) electrons. The van der Waals surface area contributed by atoms with Gasteiger partial charge in [0.2, 0.25) is 5.91 Å². The molecule has 0 bridgehead atoms. The molecule has 26 heavy (non-hydrogen) atoms. The van der Waals surface area contributed by atoms with Crippen LogP contribution in [-0.2, 0) is 4.79 Å². The lowest BCUT2D eigenvalue weighted by Crippen LogP contribution is -2.27. The maximum Gasteiger partial charge on any atom is 0.238 e. The summed E-state index contributed by atoms with van der Waals surface area (Å²) >= 11 is 12.7. The number of carbonyl (C=O) groups is 1. The maximum absolute atomic E-state index is 12.4. The van der Waals surface area contributed by atoms with E-state index in [1.807, 2.05) is 47.4 Å². The first-order valence-electron chi connectivity index (χ1n) is 7.82. The van der Waals surface area contributed by atoms with Crippen molar-refractivity contribution >= 4 is 62.2 Å². The normalized spacial score (nSPS) is 16.9. The zero-order valence-electron chi connectivity index (χ0n) is 13.4. The van der Waals surface area contributed by atoms with Crippen LogP contribution in [-0.4, -0.2) is 11.7 Å². The van der Waals surface area contributed by atoms with Crippen molar-refractivity contribution in [3.05, 3.63) is 74.3 Å². The molecule has 0 aliphatic carbocycles. The van der Waals surface area contributed by atoms with Crippen LogP contribution in [0.25, 0.3) is 0 Å². The highest BCUT2D eigenvalue weighted by Crippen LogP contribution is 2.45. The van der Waals surface area contributed by atoms with Crippen LogP contribution in [0.15, 0.2) is 64.5 Å². The number of carbonyl (C=O) groups excluding carboxylic acids is 1. The Bertz CT molecular complexity index is 927. The second kappa shape index (κ2) is 7.64. The smallest absolute Gasteiger partial charge is 0.238 e. The SMILES string of the molecule is O=C1CS[C@@H](c2ccc(Br)s2)N1c1ccc(Oc2ccc(Cl)cc2)cc1. The summed E-state index contributed by atoms with van der Waals surface area (Å²) in [6.07, 6.45) is 0. The van der Waals surface area contributed by atoms with Crippen molar-refractivity contribution in [2.45, 2.75) is 5.37 Å². The second-order valence-electron chi connectivity index (χ2n) is 5.62. The van der Waals surface area contributed by atoms with Gasteiger partial charge in [-0.1, -0.05) is 11.6 Å². The van der Waals surface area contributed by atoms with Crippen LogP contribution >= 0.6 is 50.6 Å². The number of hydrogen-bond donors (Lipinski definition) is 0. The summed E-state index contributed by atoms with van der Waals surface area (Å²) in [5.41, 5.74) is 0.873. The number of halogens is 2. The average molecular weight is 467 g/mol. The number of rotatable bonds is 4. The molecule has 1 saturated heterocycles. The van der Waals surface area contributed by atoms with Gasteiger partial charge in [-0.15, -0.1) is 23.1 Å². The van der Waals surface area contributed by atoms with Gasteiger partial charge in [0, 0.05) is 15.6 Å². The van der Waals surface area contributed by atoms with Crippen molar-refractivity contribution in [1.29, 1.82) is 0 Å². The molecule has 0 unspecified atom stereocenters.